The van der Waals surface area contributed by atoms with Crippen LogP contribution < -0.4 is 5.56 Å². The molecular weight excluding hydrogens is 302 g/mol. The van der Waals surface area contributed by atoms with Crippen molar-refractivity contribution in [2.45, 2.75) is 6.92 Å². The molecule has 0 saturated carbocycles. The van der Waals surface area contributed by atoms with Gasteiger partial charge in [0, 0.05) is 18.3 Å². The van der Waals surface area contributed by atoms with Crippen LogP contribution in [0.4, 0.5) is 0 Å². The Bertz CT molecular complexity index is 922. The van der Waals surface area contributed by atoms with Crippen LogP contribution in [0.15, 0.2) is 70.6 Å². The van der Waals surface area contributed by atoms with Gasteiger partial charge in [-0.15, -0.1) is 0 Å². The topological polar surface area (TPSA) is 48.5 Å². The summed E-state index contributed by atoms with van der Waals surface area (Å²) in [5.74, 6) is 0. The zero-order valence-corrected chi connectivity index (χ0v) is 13.9. The third kappa shape index (κ3) is 2.65. The van der Waals surface area contributed by atoms with Crippen molar-refractivity contribution in [2.75, 3.05) is 7.11 Å². The van der Waals surface area contributed by atoms with Gasteiger partial charge in [0.2, 0.25) is 0 Å². The molecule has 3 rings (SSSR count). The molecule has 0 N–H and O–H groups in total. The highest BCUT2D eigenvalue weighted by Crippen LogP contribution is 2.15. The van der Waals surface area contributed by atoms with Crippen LogP contribution in [0.1, 0.15) is 16.8 Å². The maximum atomic E-state index is 13.1. The minimum Gasteiger partial charge on any atom is -0.399 e. The first kappa shape index (κ1) is 15.8. The second kappa shape index (κ2) is 6.58. The van der Waals surface area contributed by atoms with Crippen molar-refractivity contribution >= 4 is 5.71 Å². The van der Waals surface area contributed by atoms with Crippen LogP contribution in [-0.2, 0) is 11.9 Å². The highest BCUT2D eigenvalue weighted by Gasteiger charge is 2.22. The van der Waals surface area contributed by atoms with Gasteiger partial charge in [0.1, 0.15) is 12.8 Å². The summed E-state index contributed by atoms with van der Waals surface area (Å²) in [6.45, 7) is 1.91. The van der Waals surface area contributed by atoms with Crippen LogP contribution in [0.25, 0.3) is 5.69 Å². The molecule has 122 valence electrons. The van der Waals surface area contributed by atoms with E-state index in [1.54, 1.807) is 4.68 Å². The highest BCUT2D eigenvalue weighted by atomic mass is 16.6. The molecule has 0 radical (unpaired) electrons. The fourth-order valence-corrected chi connectivity index (χ4v) is 2.77. The molecule has 0 bridgehead atoms. The fourth-order valence-electron chi connectivity index (χ4n) is 2.77. The van der Waals surface area contributed by atoms with Crippen LogP contribution in [-0.4, -0.2) is 22.2 Å². The van der Waals surface area contributed by atoms with Gasteiger partial charge in [0.15, 0.2) is 0 Å². The number of benzene rings is 2. The molecule has 1 aromatic heterocycles. The Balaban J connectivity index is 2.26. The standard InChI is InChI=1S/C19H19N3O2/c1-14-17(18(20-24-3)15-10-6-4-7-11-15)19(23)22(21(14)2)16-12-8-5-9-13-16/h4-13H,1-3H3/b20-18-. The lowest BCUT2D eigenvalue weighted by Gasteiger charge is -2.07. The summed E-state index contributed by atoms with van der Waals surface area (Å²) in [6, 6.07) is 19.1. The van der Waals surface area contributed by atoms with Crippen LogP contribution in [0.3, 0.4) is 0 Å². The number of hydrogen-bond donors (Lipinski definition) is 0. The van der Waals surface area contributed by atoms with Crippen molar-refractivity contribution in [1.29, 1.82) is 0 Å². The first-order chi connectivity index (χ1) is 11.6. The van der Waals surface area contributed by atoms with Gasteiger partial charge in [-0.1, -0.05) is 53.7 Å². The Morgan fingerprint density at radius 3 is 2.17 bits per heavy atom. The molecule has 2 aromatic carbocycles. The van der Waals surface area contributed by atoms with Crippen molar-refractivity contribution in [3.8, 4) is 5.69 Å². The lowest BCUT2D eigenvalue weighted by molar-refractivity contribution is 0.214. The summed E-state index contributed by atoms with van der Waals surface area (Å²) in [5.41, 5.74) is 3.42. The Morgan fingerprint density at radius 1 is 1.00 bits per heavy atom. The Hall–Kier alpha value is -3.08. The summed E-state index contributed by atoms with van der Waals surface area (Å²) in [4.78, 5) is 18.1. The van der Waals surface area contributed by atoms with Crippen LogP contribution >= 0.6 is 0 Å². The van der Waals surface area contributed by atoms with Crippen molar-refractivity contribution < 1.29 is 4.84 Å². The molecule has 0 unspecified atom stereocenters. The SMILES string of the molecule is CO/N=C(/c1ccccc1)c1c(C)n(C)n(-c2ccccc2)c1=O. The molecule has 0 aliphatic heterocycles. The molecule has 5 heteroatoms. The molecule has 1 heterocycles. The monoisotopic (exact) mass is 321 g/mol. The summed E-state index contributed by atoms with van der Waals surface area (Å²) in [5, 5.41) is 4.12. The lowest BCUT2D eigenvalue weighted by atomic mass is 10.0. The predicted octanol–water partition coefficient (Wildman–Crippen LogP) is 2.88. The fraction of sp³-hybridized carbons (Fsp3) is 0.158. The van der Waals surface area contributed by atoms with E-state index in [1.165, 1.54) is 7.11 Å². The minimum atomic E-state index is -0.124. The van der Waals surface area contributed by atoms with E-state index in [-0.39, 0.29) is 5.56 Å². The van der Waals surface area contributed by atoms with Gasteiger partial charge >= 0.3 is 0 Å². The van der Waals surface area contributed by atoms with E-state index >= 15 is 0 Å². The Morgan fingerprint density at radius 2 is 1.58 bits per heavy atom. The van der Waals surface area contributed by atoms with Gasteiger partial charge in [0.05, 0.1) is 11.3 Å². The summed E-state index contributed by atoms with van der Waals surface area (Å²) >= 11 is 0. The highest BCUT2D eigenvalue weighted by molar-refractivity contribution is 6.13. The van der Waals surface area contributed by atoms with Crippen LogP contribution in [0, 0.1) is 6.92 Å². The summed E-state index contributed by atoms with van der Waals surface area (Å²) in [7, 11) is 3.35. The van der Waals surface area contributed by atoms with E-state index in [1.807, 2.05) is 79.3 Å². The second-order valence-electron chi connectivity index (χ2n) is 5.43. The largest absolute Gasteiger partial charge is 0.399 e. The Kier molecular flexibility index (Phi) is 4.33. The van der Waals surface area contributed by atoms with Crippen LogP contribution in [0.2, 0.25) is 0 Å². The Labute approximate surface area is 140 Å². The molecule has 5 nitrogen and oxygen atoms in total. The molecule has 0 saturated heterocycles. The second-order valence-corrected chi connectivity index (χ2v) is 5.43. The van der Waals surface area contributed by atoms with Gasteiger partial charge in [-0.3, -0.25) is 9.48 Å². The first-order valence-corrected chi connectivity index (χ1v) is 7.66. The zero-order chi connectivity index (χ0) is 17.1. The van der Waals surface area contributed by atoms with E-state index < -0.39 is 0 Å². The number of nitrogens with zero attached hydrogens (tertiary/aromatic N) is 3. The molecule has 0 atom stereocenters. The molecule has 3 aromatic rings. The molecule has 0 fully saturated rings. The van der Waals surface area contributed by atoms with E-state index in [4.69, 9.17) is 4.84 Å². The number of aromatic nitrogens is 2. The number of para-hydroxylation sites is 1. The normalized spacial score (nSPS) is 11.5. The number of oxime groups is 1. The summed E-state index contributed by atoms with van der Waals surface area (Å²) < 4.78 is 3.47. The molecule has 24 heavy (non-hydrogen) atoms. The first-order valence-electron chi connectivity index (χ1n) is 7.66. The smallest absolute Gasteiger partial charge is 0.281 e. The maximum absolute atomic E-state index is 13.1. The van der Waals surface area contributed by atoms with Crippen molar-refractivity contribution in [3.05, 3.63) is 87.8 Å². The third-order valence-electron chi connectivity index (χ3n) is 4.02. The average Bonchev–Trinajstić information content (AvgIpc) is 2.84. The van der Waals surface area contributed by atoms with Gasteiger partial charge in [-0.05, 0) is 19.1 Å². The third-order valence-corrected chi connectivity index (χ3v) is 4.02. The van der Waals surface area contributed by atoms with Crippen molar-refractivity contribution in [2.24, 2.45) is 12.2 Å². The molecule has 0 aliphatic rings. The van der Waals surface area contributed by atoms with E-state index in [0.717, 1.165) is 16.9 Å². The molecule has 0 aliphatic carbocycles. The molecule has 0 spiro atoms. The quantitative estimate of drug-likeness (QED) is 0.548. The lowest BCUT2D eigenvalue weighted by Crippen LogP contribution is -2.23. The van der Waals surface area contributed by atoms with E-state index in [9.17, 15) is 4.79 Å². The van der Waals surface area contributed by atoms with E-state index in [0.29, 0.717) is 11.3 Å². The predicted molar refractivity (Wildman–Crippen MR) is 94.8 cm³/mol. The minimum absolute atomic E-state index is 0.124. The number of hydrogen-bond acceptors (Lipinski definition) is 3. The summed E-state index contributed by atoms with van der Waals surface area (Å²) in [6.07, 6.45) is 0. The van der Waals surface area contributed by atoms with Gasteiger partial charge < -0.3 is 4.84 Å². The average molecular weight is 321 g/mol. The van der Waals surface area contributed by atoms with Gasteiger partial charge in [-0.25, -0.2) is 4.68 Å². The maximum Gasteiger partial charge on any atom is 0.281 e. The van der Waals surface area contributed by atoms with Crippen molar-refractivity contribution in [3.63, 3.8) is 0 Å². The van der Waals surface area contributed by atoms with E-state index in [2.05, 4.69) is 5.16 Å². The van der Waals surface area contributed by atoms with Crippen molar-refractivity contribution in [1.82, 2.24) is 9.36 Å². The van der Waals surface area contributed by atoms with Crippen LogP contribution in [0.5, 0.6) is 0 Å². The van der Waals surface area contributed by atoms with Gasteiger partial charge in [0.25, 0.3) is 5.56 Å². The molecular formula is C19H19N3O2. The number of rotatable bonds is 4. The zero-order valence-electron chi connectivity index (χ0n) is 13.9. The molecule has 0 amide bonds. The van der Waals surface area contributed by atoms with Gasteiger partial charge in [-0.2, -0.15) is 0 Å².